The van der Waals surface area contributed by atoms with Crippen LogP contribution in [0.3, 0.4) is 0 Å². The average Bonchev–Trinajstić information content (AvgIpc) is 2.56. The van der Waals surface area contributed by atoms with Crippen LogP contribution in [0, 0.1) is 5.92 Å². The van der Waals surface area contributed by atoms with E-state index in [-0.39, 0.29) is 0 Å². The standard InChI is InChI=1S/C17H28N4/c1-2-21(16-10-6-3-7-13(16)11-18)17-14-8-4-5-9-15(14)19-12-20-17/h12-13,16H,2-11,18H2,1H3. The first-order valence-electron chi connectivity index (χ1n) is 8.64. The van der Waals surface area contributed by atoms with Crippen LogP contribution >= 0.6 is 0 Å². The SMILES string of the molecule is CCN(c1ncnc2c1CCCC2)C1CCCCC1CN. The molecule has 2 unspecified atom stereocenters. The zero-order chi connectivity index (χ0) is 14.7. The second-order valence-corrected chi connectivity index (χ2v) is 6.46. The van der Waals surface area contributed by atoms with Gasteiger partial charge in [0.1, 0.15) is 12.1 Å². The van der Waals surface area contributed by atoms with Crippen LogP contribution in [0.1, 0.15) is 56.7 Å². The fourth-order valence-corrected chi connectivity index (χ4v) is 4.17. The van der Waals surface area contributed by atoms with Crippen LogP contribution in [0.4, 0.5) is 5.82 Å². The van der Waals surface area contributed by atoms with Crippen LogP contribution in [0.25, 0.3) is 0 Å². The summed E-state index contributed by atoms with van der Waals surface area (Å²) in [6, 6.07) is 0.565. The molecule has 0 aromatic carbocycles. The summed E-state index contributed by atoms with van der Waals surface area (Å²) in [7, 11) is 0. The smallest absolute Gasteiger partial charge is 0.135 e. The molecule has 4 nitrogen and oxygen atoms in total. The Morgan fingerprint density at radius 1 is 1.14 bits per heavy atom. The molecule has 3 rings (SSSR count). The van der Waals surface area contributed by atoms with Gasteiger partial charge >= 0.3 is 0 Å². The molecular formula is C17H28N4. The number of nitrogens with two attached hydrogens (primary N) is 1. The lowest BCUT2D eigenvalue weighted by atomic mass is 9.83. The Bertz CT molecular complexity index is 474. The molecule has 1 aromatic heterocycles. The van der Waals surface area contributed by atoms with Gasteiger partial charge in [-0.25, -0.2) is 9.97 Å². The van der Waals surface area contributed by atoms with E-state index in [2.05, 4.69) is 21.8 Å². The predicted octanol–water partition coefficient (Wildman–Crippen LogP) is 2.70. The van der Waals surface area contributed by atoms with Crippen molar-refractivity contribution in [3.8, 4) is 0 Å². The molecule has 4 heteroatoms. The summed E-state index contributed by atoms with van der Waals surface area (Å²) in [4.78, 5) is 11.7. The Kier molecular flexibility index (Phi) is 4.73. The molecule has 1 heterocycles. The predicted molar refractivity (Wildman–Crippen MR) is 86.5 cm³/mol. The lowest BCUT2D eigenvalue weighted by Gasteiger charge is -2.41. The first-order valence-corrected chi connectivity index (χ1v) is 8.64. The molecule has 0 amide bonds. The number of aromatic nitrogens is 2. The third kappa shape index (κ3) is 2.91. The summed E-state index contributed by atoms with van der Waals surface area (Å²) >= 11 is 0. The van der Waals surface area contributed by atoms with E-state index in [0.29, 0.717) is 12.0 Å². The van der Waals surface area contributed by atoms with Crippen LogP contribution in [0.2, 0.25) is 0 Å². The molecule has 0 aliphatic heterocycles. The topological polar surface area (TPSA) is 55.0 Å². The van der Waals surface area contributed by atoms with E-state index in [9.17, 15) is 0 Å². The van der Waals surface area contributed by atoms with Crippen molar-refractivity contribution in [3.05, 3.63) is 17.6 Å². The van der Waals surface area contributed by atoms with Gasteiger partial charge in [-0.15, -0.1) is 0 Å². The van der Waals surface area contributed by atoms with Crippen LogP contribution in [-0.2, 0) is 12.8 Å². The Morgan fingerprint density at radius 2 is 1.95 bits per heavy atom. The van der Waals surface area contributed by atoms with Gasteiger partial charge in [-0.3, -0.25) is 0 Å². The number of aryl methyl sites for hydroxylation is 1. The summed E-state index contributed by atoms with van der Waals surface area (Å²) in [5.74, 6) is 1.82. The van der Waals surface area contributed by atoms with Crippen LogP contribution < -0.4 is 10.6 Å². The van der Waals surface area contributed by atoms with Crippen LogP contribution in [0.15, 0.2) is 6.33 Å². The monoisotopic (exact) mass is 288 g/mol. The molecule has 21 heavy (non-hydrogen) atoms. The van der Waals surface area contributed by atoms with Gasteiger partial charge < -0.3 is 10.6 Å². The van der Waals surface area contributed by atoms with Crippen molar-refractivity contribution in [2.45, 2.75) is 64.3 Å². The minimum absolute atomic E-state index is 0.565. The molecule has 2 N–H and O–H groups in total. The number of anilines is 1. The number of rotatable bonds is 4. The quantitative estimate of drug-likeness (QED) is 0.925. The van der Waals surface area contributed by atoms with E-state index in [1.807, 2.05) is 0 Å². The molecule has 1 aromatic rings. The van der Waals surface area contributed by atoms with Gasteiger partial charge in [0.25, 0.3) is 0 Å². The summed E-state index contributed by atoms with van der Waals surface area (Å²) in [5.41, 5.74) is 8.73. The van der Waals surface area contributed by atoms with E-state index in [1.54, 1.807) is 6.33 Å². The number of hydrogen-bond donors (Lipinski definition) is 1. The molecule has 0 spiro atoms. The zero-order valence-electron chi connectivity index (χ0n) is 13.2. The van der Waals surface area contributed by atoms with E-state index in [1.165, 1.54) is 55.6 Å². The lowest BCUT2D eigenvalue weighted by molar-refractivity contribution is 0.299. The highest BCUT2D eigenvalue weighted by Gasteiger charge is 2.31. The zero-order valence-corrected chi connectivity index (χ0v) is 13.2. The molecule has 0 saturated heterocycles. The maximum absolute atomic E-state index is 6.04. The highest BCUT2D eigenvalue weighted by molar-refractivity contribution is 5.50. The van der Waals surface area contributed by atoms with E-state index >= 15 is 0 Å². The molecular weight excluding hydrogens is 260 g/mol. The summed E-state index contributed by atoms with van der Waals surface area (Å²) < 4.78 is 0. The summed E-state index contributed by atoms with van der Waals surface area (Å²) in [5, 5.41) is 0. The highest BCUT2D eigenvalue weighted by atomic mass is 15.2. The molecule has 2 aliphatic rings. The maximum Gasteiger partial charge on any atom is 0.135 e. The second kappa shape index (κ2) is 6.73. The van der Waals surface area contributed by atoms with Crippen molar-refractivity contribution in [3.63, 3.8) is 0 Å². The molecule has 1 fully saturated rings. The third-order valence-electron chi connectivity index (χ3n) is 5.29. The molecule has 2 aliphatic carbocycles. The van der Waals surface area contributed by atoms with Gasteiger partial charge in [0.2, 0.25) is 0 Å². The molecule has 2 atom stereocenters. The first-order chi connectivity index (χ1) is 10.3. The van der Waals surface area contributed by atoms with Crippen molar-refractivity contribution < 1.29 is 0 Å². The van der Waals surface area contributed by atoms with Gasteiger partial charge in [0, 0.05) is 23.8 Å². The van der Waals surface area contributed by atoms with Gasteiger partial charge in [0.15, 0.2) is 0 Å². The number of nitrogens with zero attached hydrogens (tertiary/aromatic N) is 3. The van der Waals surface area contributed by atoms with E-state index < -0.39 is 0 Å². The van der Waals surface area contributed by atoms with Gasteiger partial charge in [-0.05, 0) is 57.9 Å². The fourth-order valence-electron chi connectivity index (χ4n) is 4.17. The van der Waals surface area contributed by atoms with Gasteiger partial charge in [0.05, 0.1) is 0 Å². The van der Waals surface area contributed by atoms with Crippen molar-refractivity contribution in [2.24, 2.45) is 11.7 Å². The third-order valence-corrected chi connectivity index (χ3v) is 5.29. The molecule has 116 valence electrons. The molecule has 0 radical (unpaired) electrons. The van der Waals surface area contributed by atoms with Gasteiger partial charge in [-0.1, -0.05) is 12.8 Å². The summed E-state index contributed by atoms with van der Waals surface area (Å²) in [6.07, 6.45) is 11.8. The Hall–Kier alpha value is -1.16. The van der Waals surface area contributed by atoms with Crippen molar-refractivity contribution in [1.82, 2.24) is 9.97 Å². The summed E-state index contributed by atoms with van der Waals surface area (Å²) in [6.45, 7) is 4.07. The van der Waals surface area contributed by atoms with Crippen LogP contribution in [0.5, 0.6) is 0 Å². The minimum Gasteiger partial charge on any atom is -0.353 e. The molecule has 1 saturated carbocycles. The second-order valence-electron chi connectivity index (χ2n) is 6.46. The van der Waals surface area contributed by atoms with Crippen molar-refractivity contribution >= 4 is 5.82 Å². The Labute approximate surface area is 128 Å². The Morgan fingerprint density at radius 3 is 2.76 bits per heavy atom. The van der Waals surface area contributed by atoms with E-state index in [4.69, 9.17) is 5.73 Å². The normalized spacial score (nSPS) is 25.4. The van der Waals surface area contributed by atoms with Gasteiger partial charge in [-0.2, -0.15) is 0 Å². The number of fused-ring (bicyclic) bond motifs is 1. The van der Waals surface area contributed by atoms with Crippen LogP contribution in [-0.4, -0.2) is 29.1 Å². The lowest BCUT2D eigenvalue weighted by Crippen LogP contribution is -2.46. The first kappa shape index (κ1) is 14.8. The Balaban J connectivity index is 1.92. The largest absolute Gasteiger partial charge is 0.353 e. The number of hydrogen-bond acceptors (Lipinski definition) is 4. The van der Waals surface area contributed by atoms with E-state index in [0.717, 1.165) is 25.9 Å². The van der Waals surface area contributed by atoms with Crippen molar-refractivity contribution in [2.75, 3.05) is 18.0 Å². The average molecular weight is 288 g/mol. The maximum atomic E-state index is 6.04. The molecule has 0 bridgehead atoms. The van der Waals surface area contributed by atoms with Crippen molar-refractivity contribution in [1.29, 1.82) is 0 Å². The fraction of sp³-hybridized carbons (Fsp3) is 0.765. The minimum atomic E-state index is 0.565. The highest BCUT2D eigenvalue weighted by Crippen LogP contribution is 2.34.